The zero-order valence-electron chi connectivity index (χ0n) is 16.4. The van der Waals surface area contributed by atoms with E-state index in [2.05, 4.69) is 26.9 Å². The third kappa shape index (κ3) is 3.54. The van der Waals surface area contributed by atoms with Gasteiger partial charge in [-0.05, 0) is 37.3 Å². The number of piperazine rings is 1. The van der Waals surface area contributed by atoms with Gasteiger partial charge in [0.25, 0.3) is 5.91 Å². The molecule has 30 heavy (non-hydrogen) atoms. The zero-order chi connectivity index (χ0) is 20.7. The summed E-state index contributed by atoms with van der Waals surface area (Å²) in [7, 11) is 0. The molecule has 0 atom stereocenters. The maximum Gasteiger partial charge on any atom is 0.289 e. The van der Waals surface area contributed by atoms with Crippen molar-refractivity contribution < 1.29 is 13.9 Å². The Morgan fingerprint density at radius 3 is 2.83 bits per heavy atom. The number of benzene rings is 2. The second kappa shape index (κ2) is 7.92. The van der Waals surface area contributed by atoms with Gasteiger partial charge in [0.1, 0.15) is 0 Å². The number of fused-ring (bicyclic) bond motifs is 2. The molecular weight excluding hydrogens is 466 g/mol. The van der Waals surface area contributed by atoms with Crippen LogP contribution in [0.1, 0.15) is 17.5 Å². The highest BCUT2D eigenvalue weighted by Gasteiger charge is 2.26. The highest BCUT2D eigenvalue weighted by Crippen LogP contribution is 2.32. The van der Waals surface area contributed by atoms with Crippen LogP contribution in [0.3, 0.4) is 0 Å². The van der Waals surface area contributed by atoms with Crippen molar-refractivity contribution in [2.45, 2.75) is 6.92 Å². The maximum absolute atomic E-state index is 13.0. The minimum absolute atomic E-state index is 0.0819. The molecule has 1 fully saturated rings. The monoisotopic (exact) mass is 485 g/mol. The summed E-state index contributed by atoms with van der Waals surface area (Å²) < 4.78 is 13.7. The number of hydrogen-bond acceptors (Lipinski definition) is 6. The van der Waals surface area contributed by atoms with Crippen LogP contribution in [0.5, 0.6) is 5.75 Å². The second-order valence-corrected chi connectivity index (χ2v) is 9.03. The molecule has 0 N–H and O–H groups in total. The lowest BCUT2D eigenvalue weighted by Gasteiger charge is -2.34. The van der Waals surface area contributed by atoms with Gasteiger partial charge in [-0.25, -0.2) is 4.98 Å². The average Bonchev–Trinajstić information content (AvgIpc) is 3.38. The van der Waals surface area contributed by atoms with Gasteiger partial charge in [0, 0.05) is 36.0 Å². The average molecular weight is 486 g/mol. The van der Waals surface area contributed by atoms with E-state index in [1.165, 1.54) is 0 Å². The topological polar surface area (TPSA) is 58.8 Å². The minimum atomic E-state index is -0.0819. The van der Waals surface area contributed by atoms with Crippen molar-refractivity contribution in [3.05, 3.63) is 52.7 Å². The van der Waals surface area contributed by atoms with E-state index in [0.29, 0.717) is 36.8 Å². The van der Waals surface area contributed by atoms with Crippen LogP contribution in [0.15, 0.2) is 51.4 Å². The van der Waals surface area contributed by atoms with E-state index in [0.717, 1.165) is 38.3 Å². The van der Waals surface area contributed by atoms with Gasteiger partial charge in [-0.2, -0.15) is 0 Å². The van der Waals surface area contributed by atoms with Crippen LogP contribution in [0, 0.1) is 0 Å². The van der Waals surface area contributed by atoms with Crippen molar-refractivity contribution >= 4 is 59.5 Å². The number of furan rings is 1. The first-order chi connectivity index (χ1) is 14.6. The lowest BCUT2D eigenvalue weighted by atomic mass is 10.2. The molecule has 1 aliphatic rings. The van der Waals surface area contributed by atoms with Gasteiger partial charge in [0.05, 0.1) is 16.8 Å². The molecular formula is C22H20BrN3O3S. The number of ether oxygens (including phenoxy) is 1. The van der Waals surface area contributed by atoms with Crippen molar-refractivity contribution in [3.63, 3.8) is 0 Å². The first-order valence-electron chi connectivity index (χ1n) is 9.88. The van der Waals surface area contributed by atoms with E-state index in [1.807, 2.05) is 42.2 Å². The molecule has 4 aromatic rings. The fourth-order valence-corrected chi connectivity index (χ4v) is 5.26. The van der Waals surface area contributed by atoms with Crippen molar-refractivity contribution in [2.24, 2.45) is 0 Å². The Labute approximate surface area is 186 Å². The van der Waals surface area contributed by atoms with Gasteiger partial charge in [-0.3, -0.25) is 4.79 Å². The largest absolute Gasteiger partial charge is 0.490 e. The van der Waals surface area contributed by atoms with Gasteiger partial charge < -0.3 is 19.0 Å². The Morgan fingerprint density at radius 1 is 1.20 bits per heavy atom. The maximum atomic E-state index is 13.0. The highest BCUT2D eigenvalue weighted by molar-refractivity contribution is 9.10. The number of halogens is 1. The standard InChI is InChI=1S/C22H20BrN3O3S/c1-2-28-17-5-3-4-14-12-18(29-20(14)17)21(27)25-8-10-26(11-9-25)22-24-16-7-6-15(23)13-19(16)30-22/h3-7,12-13H,2,8-11H2,1H3. The minimum Gasteiger partial charge on any atom is -0.490 e. The number of amides is 1. The third-order valence-corrected chi connectivity index (χ3v) is 6.77. The molecule has 8 heteroatoms. The first-order valence-corrected chi connectivity index (χ1v) is 11.5. The normalized spacial score (nSPS) is 14.6. The number of nitrogens with zero attached hydrogens (tertiary/aromatic N) is 3. The number of hydrogen-bond donors (Lipinski definition) is 0. The Bertz CT molecular complexity index is 1230. The fraction of sp³-hybridized carbons (Fsp3) is 0.273. The Balaban J connectivity index is 1.30. The van der Waals surface area contributed by atoms with E-state index < -0.39 is 0 Å². The Hall–Kier alpha value is -2.58. The predicted octanol–water partition coefficient (Wildman–Crippen LogP) is 5.17. The second-order valence-electron chi connectivity index (χ2n) is 7.11. The van der Waals surface area contributed by atoms with Crippen molar-refractivity contribution in [1.29, 1.82) is 0 Å². The van der Waals surface area contributed by atoms with Gasteiger partial charge in [-0.15, -0.1) is 0 Å². The Kier molecular flexibility index (Phi) is 5.12. The summed E-state index contributed by atoms with van der Waals surface area (Å²) in [5.74, 6) is 0.943. The van der Waals surface area contributed by atoms with Gasteiger partial charge >= 0.3 is 0 Å². The van der Waals surface area contributed by atoms with E-state index in [9.17, 15) is 4.79 Å². The molecule has 0 bridgehead atoms. The molecule has 6 nitrogen and oxygen atoms in total. The lowest BCUT2D eigenvalue weighted by Crippen LogP contribution is -2.48. The molecule has 154 valence electrons. The summed E-state index contributed by atoms with van der Waals surface area (Å²) in [4.78, 5) is 21.9. The first kappa shape index (κ1) is 19.4. The number of anilines is 1. The van der Waals surface area contributed by atoms with E-state index >= 15 is 0 Å². The van der Waals surface area contributed by atoms with E-state index in [1.54, 1.807) is 17.4 Å². The summed E-state index contributed by atoms with van der Waals surface area (Å²) in [5, 5.41) is 1.88. The van der Waals surface area contributed by atoms with Crippen LogP contribution in [-0.4, -0.2) is 48.6 Å². The number of aromatic nitrogens is 1. The van der Waals surface area contributed by atoms with Crippen LogP contribution in [-0.2, 0) is 0 Å². The molecule has 1 aliphatic heterocycles. The highest BCUT2D eigenvalue weighted by atomic mass is 79.9. The zero-order valence-corrected chi connectivity index (χ0v) is 18.8. The van der Waals surface area contributed by atoms with Crippen molar-refractivity contribution in [3.8, 4) is 5.75 Å². The van der Waals surface area contributed by atoms with Crippen LogP contribution in [0.4, 0.5) is 5.13 Å². The molecule has 1 saturated heterocycles. The molecule has 0 spiro atoms. The van der Waals surface area contributed by atoms with Crippen molar-refractivity contribution in [1.82, 2.24) is 9.88 Å². The van der Waals surface area contributed by atoms with Crippen molar-refractivity contribution in [2.75, 3.05) is 37.7 Å². The SMILES string of the molecule is CCOc1cccc2cc(C(=O)N3CCN(c4nc5ccc(Br)cc5s4)CC3)oc12. The summed E-state index contributed by atoms with van der Waals surface area (Å²) in [5.41, 5.74) is 1.63. The molecule has 1 amide bonds. The summed E-state index contributed by atoms with van der Waals surface area (Å²) >= 11 is 5.20. The molecule has 0 radical (unpaired) electrons. The Morgan fingerprint density at radius 2 is 2.03 bits per heavy atom. The number of carbonyl (C=O) groups is 1. The lowest BCUT2D eigenvalue weighted by molar-refractivity contribution is 0.0717. The molecule has 2 aromatic carbocycles. The molecule has 3 heterocycles. The van der Waals surface area contributed by atoms with Gasteiger partial charge in [0.15, 0.2) is 22.2 Å². The fourth-order valence-electron chi connectivity index (χ4n) is 3.69. The van der Waals surface area contributed by atoms with Crippen LogP contribution in [0.25, 0.3) is 21.2 Å². The molecule has 2 aromatic heterocycles. The van der Waals surface area contributed by atoms with Crippen LogP contribution >= 0.6 is 27.3 Å². The van der Waals surface area contributed by atoms with Gasteiger partial charge in [0.2, 0.25) is 0 Å². The number of rotatable bonds is 4. The smallest absolute Gasteiger partial charge is 0.289 e. The molecule has 0 saturated carbocycles. The predicted molar refractivity (Wildman–Crippen MR) is 123 cm³/mol. The molecule has 5 rings (SSSR count). The van der Waals surface area contributed by atoms with Crippen LogP contribution in [0.2, 0.25) is 0 Å². The molecule has 0 unspecified atom stereocenters. The van der Waals surface area contributed by atoms with Gasteiger partial charge in [-0.1, -0.05) is 39.4 Å². The quantitative estimate of drug-likeness (QED) is 0.399. The van der Waals surface area contributed by atoms with E-state index in [-0.39, 0.29) is 5.91 Å². The number of carbonyl (C=O) groups excluding carboxylic acids is 1. The molecule has 0 aliphatic carbocycles. The van der Waals surface area contributed by atoms with Crippen LogP contribution < -0.4 is 9.64 Å². The summed E-state index contributed by atoms with van der Waals surface area (Å²) in [6, 6.07) is 13.6. The number of para-hydroxylation sites is 1. The summed E-state index contributed by atoms with van der Waals surface area (Å²) in [6.45, 7) is 5.24. The third-order valence-electron chi connectivity index (χ3n) is 5.20. The summed E-state index contributed by atoms with van der Waals surface area (Å²) in [6.07, 6.45) is 0. The number of thiazole rings is 1. The van der Waals surface area contributed by atoms with E-state index in [4.69, 9.17) is 14.1 Å².